The smallest absolute Gasteiger partial charge is 0.321 e. The van der Waals surface area contributed by atoms with Crippen molar-refractivity contribution in [1.82, 2.24) is 30.4 Å². The van der Waals surface area contributed by atoms with E-state index in [4.69, 9.17) is 0 Å². The fourth-order valence-electron chi connectivity index (χ4n) is 5.93. The maximum atomic E-state index is 12.0. The van der Waals surface area contributed by atoms with Gasteiger partial charge in [-0.15, -0.1) is 35.0 Å². The van der Waals surface area contributed by atoms with Crippen molar-refractivity contribution in [3.05, 3.63) is 30.3 Å². The van der Waals surface area contributed by atoms with Gasteiger partial charge in [-0.05, 0) is 61.6 Å². The molecule has 0 bridgehead atoms. The predicted molar refractivity (Wildman–Crippen MR) is 133 cm³/mol. The number of rotatable bonds is 6. The molecule has 2 aromatic rings. The highest BCUT2D eigenvalue weighted by molar-refractivity contribution is 5.85. The number of fused-ring (bicyclic) bond motifs is 1. The molecule has 5 rings (SSSR count). The minimum absolute atomic E-state index is 0. The fraction of sp³-hybridized carbons (Fsp3) is 0.609. The summed E-state index contributed by atoms with van der Waals surface area (Å²) in [5, 5.41) is 35.3. The molecule has 2 saturated heterocycles. The van der Waals surface area contributed by atoms with Crippen LogP contribution in [-0.4, -0.2) is 79.0 Å². The number of tetrazole rings is 1. The van der Waals surface area contributed by atoms with Crippen molar-refractivity contribution in [2.24, 2.45) is 17.8 Å². The van der Waals surface area contributed by atoms with Crippen molar-refractivity contribution in [3.8, 4) is 11.4 Å². The van der Waals surface area contributed by atoms with E-state index in [1.807, 2.05) is 30.3 Å². The van der Waals surface area contributed by atoms with E-state index >= 15 is 0 Å². The van der Waals surface area contributed by atoms with E-state index < -0.39 is 24.0 Å². The minimum Gasteiger partial charge on any atom is -0.480 e. The molecule has 2 aliphatic heterocycles. The van der Waals surface area contributed by atoms with Crippen LogP contribution in [0.2, 0.25) is 0 Å². The van der Waals surface area contributed by atoms with E-state index in [2.05, 4.69) is 25.6 Å². The standard InChI is InChI=1S/C23H30N6O4.2ClH/c30-22(31)19-9-17-8-14(6-7-16(17)11-24-19)12-28-13-18(10-20(28)23(32)33)29-26-21(25-27-29)15-4-2-1-3-5-15;;/h1-5,14,16-20,24H,6-13H2,(H,30,31)(H,32,33);2*1H. The Hall–Kier alpha value is -2.27. The number of piperidine rings is 1. The molecule has 1 aromatic carbocycles. The molecule has 3 N–H and O–H groups in total. The zero-order valence-electron chi connectivity index (χ0n) is 19.3. The van der Waals surface area contributed by atoms with Crippen LogP contribution in [0.15, 0.2) is 30.3 Å². The Kier molecular flexibility index (Phi) is 9.09. The Morgan fingerprint density at radius 3 is 2.49 bits per heavy atom. The van der Waals surface area contributed by atoms with Gasteiger partial charge in [0.25, 0.3) is 0 Å². The highest BCUT2D eigenvalue weighted by Gasteiger charge is 2.42. The summed E-state index contributed by atoms with van der Waals surface area (Å²) >= 11 is 0. The van der Waals surface area contributed by atoms with Crippen LogP contribution in [0.3, 0.4) is 0 Å². The van der Waals surface area contributed by atoms with Crippen LogP contribution in [0, 0.1) is 17.8 Å². The second-order valence-corrected chi connectivity index (χ2v) is 9.73. The number of aliphatic carboxylic acids is 2. The maximum Gasteiger partial charge on any atom is 0.321 e. The number of likely N-dealkylation sites (tertiary alicyclic amines) is 1. The lowest BCUT2D eigenvalue weighted by atomic mass is 9.69. The van der Waals surface area contributed by atoms with Crippen molar-refractivity contribution >= 4 is 36.8 Å². The summed E-state index contributed by atoms with van der Waals surface area (Å²) in [6.45, 7) is 2.05. The predicted octanol–water partition coefficient (Wildman–Crippen LogP) is 2.36. The molecule has 1 aliphatic carbocycles. The van der Waals surface area contributed by atoms with Gasteiger partial charge in [-0.25, -0.2) is 0 Å². The summed E-state index contributed by atoms with van der Waals surface area (Å²) in [5.74, 6) is 0.231. The number of benzene rings is 1. The first-order chi connectivity index (χ1) is 16.0. The molecule has 3 heterocycles. The van der Waals surface area contributed by atoms with Crippen molar-refractivity contribution in [2.45, 2.75) is 50.2 Å². The number of aromatic nitrogens is 4. The average molecular weight is 527 g/mol. The molecule has 6 unspecified atom stereocenters. The summed E-state index contributed by atoms with van der Waals surface area (Å²) in [4.78, 5) is 27.1. The van der Waals surface area contributed by atoms with Crippen LogP contribution in [0.5, 0.6) is 0 Å². The Balaban J connectivity index is 0.00000171. The van der Waals surface area contributed by atoms with Gasteiger partial charge in [-0.1, -0.05) is 30.3 Å². The van der Waals surface area contributed by atoms with Crippen LogP contribution >= 0.6 is 24.8 Å². The van der Waals surface area contributed by atoms with Crippen molar-refractivity contribution < 1.29 is 19.8 Å². The van der Waals surface area contributed by atoms with Gasteiger partial charge in [0.2, 0.25) is 5.82 Å². The van der Waals surface area contributed by atoms with Gasteiger partial charge in [0.15, 0.2) is 0 Å². The highest BCUT2D eigenvalue weighted by atomic mass is 35.5. The van der Waals surface area contributed by atoms with Gasteiger partial charge >= 0.3 is 11.9 Å². The third kappa shape index (κ3) is 5.94. The van der Waals surface area contributed by atoms with Gasteiger partial charge < -0.3 is 15.5 Å². The molecule has 0 amide bonds. The molecule has 1 saturated carbocycles. The average Bonchev–Trinajstić information content (AvgIpc) is 3.47. The molecule has 12 heteroatoms. The van der Waals surface area contributed by atoms with E-state index in [-0.39, 0.29) is 30.9 Å². The second kappa shape index (κ2) is 11.6. The Morgan fingerprint density at radius 2 is 1.77 bits per heavy atom. The molecule has 0 spiro atoms. The molecule has 192 valence electrons. The van der Waals surface area contributed by atoms with Crippen molar-refractivity contribution in [3.63, 3.8) is 0 Å². The number of hydrogen-bond donors (Lipinski definition) is 3. The fourth-order valence-corrected chi connectivity index (χ4v) is 5.93. The van der Waals surface area contributed by atoms with E-state index in [1.165, 1.54) is 0 Å². The van der Waals surface area contributed by atoms with Crippen LogP contribution in [-0.2, 0) is 9.59 Å². The zero-order chi connectivity index (χ0) is 22.9. The molecule has 6 atom stereocenters. The first-order valence-electron chi connectivity index (χ1n) is 11.8. The number of halogens is 2. The van der Waals surface area contributed by atoms with Gasteiger partial charge in [0.1, 0.15) is 12.1 Å². The Morgan fingerprint density at radius 1 is 1.00 bits per heavy atom. The zero-order valence-corrected chi connectivity index (χ0v) is 20.9. The molecular weight excluding hydrogens is 495 g/mol. The van der Waals surface area contributed by atoms with E-state index in [1.54, 1.807) is 4.80 Å². The van der Waals surface area contributed by atoms with Gasteiger partial charge in [-0.3, -0.25) is 14.5 Å². The quantitative estimate of drug-likeness (QED) is 0.518. The monoisotopic (exact) mass is 526 g/mol. The number of carboxylic acids is 2. The number of hydrogen-bond acceptors (Lipinski definition) is 7. The summed E-state index contributed by atoms with van der Waals surface area (Å²) in [6, 6.07) is 8.45. The summed E-state index contributed by atoms with van der Waals surface area (Å²) in [6.07, 6.45) is 4.18. The van der Waals surface area contributed by atoms with Gasteiger partial charge in [0.05, 0.1) is 6.04 Å². The van der Waals surface area contributed by atoms with Crippen LogP contribution in [0.1, 0.15) is 38.1 Å². The third-order valence-electron chi connectivity index (χ3n) is 7.66. The van der Waals surface area contributed by atoms with Crippen molar-refractivity contribution in [2.75, 3.05) is 19.6 Å². The molecule has 3 aliphatic rings. The summed E-state index contributed by atoms with van der Waals surface area (Å²) < 4.78 is 0. The van der Waals surface area contributed by atoms with E-state index in [9.17, 15) is 19.8 Å². The Labute approximate surface area is 216 Å². The molecule has 0 radical (unpaired) electrons. The lowest BCUT2D eigenvalue weighted by Crippen LogP contribution is -2.50. The SMILES string of the molecule is Cl.Cl.O=C(O)C1CC2CC(CN3CC(n4nnc(-c5ccccc5)n4)CC3C(=O)O)CCC2CN1. The Bertz CT molecular complexity index is 1010. The normalized spacial score (nSPS) is 30.5. The number of nitrogens with one attached hydrogen (secondary N) is 1. The van der Waals surface area contributed by atoms with Crippen LogP contribution < -0.4 is 5.32 Å². The summed E-state index contributed by atoms with van der Waals surface area (Å²) in [7, 11) is 0. The molecular formula is C23H32Cl2N6O4. The minimum atomic E-state index is -0.817. The lowest BCUT2D eigenvalue weighted by molar-refractivity contribution is -0.143. The largest absolute Gasteiger partial charge is 0.480 e. The van der Waals surface area contributed by atoms with Crippen LogP contribution in [0.4, 0.5) is 0 Å². The van der Waals surface area contributed by atoms with Gasteiger partial charge in [-0.2, -0.15) is 4.80 Å². The summed E-state index contributed by atoms with van der Waals surface area (Å²) in [5.41, 5.74) is 0.881. The van der Waals surface area contributed by atoms with E-state index in [0.717, 1.165) is 31.4 Å². The number of carbonyl (C=O) groups is 2. The lowest BCUT2D eigenvalue weighted by Gasteiger charge is -2.42. The highest BCUT2D eigenvalue weighted by Crippen LogP contribution is 2.40. The first kappa shape index (κ1) is 27.3. The van der Waals surface area contributed by atoms with Crippen LogP contribution in [0.25, 0.3) is 11.4 Å². The molecule has 3 fully saturated rings. The third-order valence-corrected chi connectivity index (χ3v) is 7.66. The molecule has 10 nitrogen and oxygen atoms in total. The van der Waals surface area contributed by atoms with E-state index in [0.29, 0.717) is 49.5 Å². The second-order valence-electron chi connectivity index (χ2n) is 9.73. The number of carboxylic acid groups (broad SMARTS) is 2. The number of nitrogens with zero attached hydrogens (tertiary/aromatic N) is 5. The topological polar surface area (TPSA) is 133 Å². The van der Waals surface area contributed by atoms with Gasteiger partial charge in [0, 0.05) is 18.7 Å². The maximum absolute atomic E-state index is 12.0. The van der Waals surface area contributed by atoms with Crippen molar-refractivity contribution in [1.29, 1.82) is 0 Å². The molecule has 1 aromatic heterocycles. The molecule has 35 heavy (non-hydrogen) atoms. The first-order valence-corrected chi connectivity index (χ1v) is 11.8.